The molecule has 1 aliphatic rings. The quantitative estimate of drug-likeness (QED) is 0.631. The average molecular weight is 165 g/mol. The first-order valence-electron chi connectivity index (χ1n) is 4.15. The average Bonchev–Trinajstić information content (AvgIpc) is 2.47. The maximum absolute atomic E-state index is 10.9. The minimum absolute atomic E-state index is 0.422. The van der Waals surface area contributed by atoms with Crippen molar-refractivity contribution in [2.45, 2.75) is 25.7 Å². The third kappa shape index (κ3) is 0.995. The number of aromatic amines is 1. The Kier molecular flexibility index (Phi) is 1.60. The van der Waals surface area contributed by atoms with Crippen molar-refractivity contribution in [2.24, 2.45) is 5.73 Å². The minimum atomic E-state index is -0.422. The summed E-state index contributed by atoms with van der Waals surface area (Å²) in [6.45, 7) is 0. The highest BCUT2D eigenvalue weighted by Crippen LogP contribution is 2.21. The van der Waals surface area contributed by atoms with Gasteiger partial charge >= 0.3 is 0 Å². The summed E-state index contributed by atoms with van der Waals surface area (Å²) >= 11 is 0. The van der Waals surface area contributed by atoms with Crippen LogP contribution in [0.1, 0.15) is 34.6 Å². The number of aromatic nitrogens is 2. The van der Waals surface area contributed by atoms with Crippen LogP contribution in [0.25, 0.3) is 0 Å². The molecule has 0 radical (unpaired) electrons. The molecule has 0 aromatic carbocycles. The van der Waals surface area contributed by atoms with Gasteiger partial charge in [0.2, 0.25) is 0 Å². The highest BCUT2D eigenvalue weighted by atomic mass is 16.1. The number of hydrogen-bond acceptors (Lipinski definition) is 2. The molecule has 0 unspecified atom stereocenters. The Labute approximate surface area is 70.1 Å². The molecule has 4 nitrogen and oxygen atoms in total. The predicted molar refractivity (Wildman–Crippen MR) is 43.7 cm³/mol. The molecule has 0 saturated heterocycles. The first-order chi connectivity index (χ1) is 5.79. The van der Waals surface area contributed by atoms with Crippen molar-refractivity contribution in [3.8, 4) is 0 Å². The molecule has 1 heterocycles. The van der Waals surface area contributed by atoms with Crippen molar-refractivity contribution in [2.75, 3.05) is 0 Å². The van der Waals surface area contributed by atoms with Crippen molar-refractivity contribution in [1.82, 2.24) is 10.2 Å². The van der Waals surface area contributed by atoms with Gasteiger partial charge in [0.1, 0.15) is 0 Å². The summed E-state index contributed by atoms with van der Waals surface area (Å²) < 4.78 is 0. The second kappa shape index (κ2) is 2.62. The van der Waals surface area contributed by atoms with Gasteiger partial charge < -0.3 is 5.73 Å². The van der Waals surface area contributed by atoms with E-state index in [1.807, 2.05) is 0 Å². The van der Waals surface area contributed by atoms with Crippen LogP contribution < -0.4 is 5.73 Å². The molecule has 12 heavy (non-hydrogen) atoms. The summed E-state index contributed by atoms with van der Waals surface area (Å²) in [6, 6.07) is 0. The second-order valence-corrected chi connectivity index (χ2v) is 3.10. The molecule has 1 aliphatic carbocycles. The number of carbonyl (C=O) groups excluding carboxylic acids is 1. The molecular formula is C8H11N3O. The van der Waals surface area contributed by atoms with Crippen LogP contribution in [0.5, 0.6) is 0 Å². The third-order valence-electron chi connectivity index (χ3n) is 2.29. The van der Waals surface area contributed by atoms with Gasteiger partial charge in [0, 0.05) is 11.3 Å². The Balaban J connectivity index is 2.44. The number of nitrogens with two attached hydrogens (primary N) is 1. The molecular weight excluding hydrogens is 154 g/mol. The smallest absolute Gasteiger partial charge is 0.269 e. The van der Waals surface area contributed by atoms with E-state index in [0.29, 0.717) is 5.69 Å². The number of H-pyrrole nitrogens is 1. The Hall–Kier alpha value is -1.32. The van der Waals surface area contributed by atoms with E-state index < -0.39 is 5.91 Å². The van der Waals surface area contributed by atoms with Crippen LogP contribution in [0, 0.1) is 0 Å². The number of nitrogens with zero attached hydrogens (tertiary/aromatic N) is 1. The van der Waals surface area contributed by atoms with E-state index in [-0.39, 0.29) is 0 Å². The van der Waals surface area contributed by atoms with Gasteiger partial charge in [-0.15, -0.1) is 0 Å². The molecule has 1 amide bonds. The van der Waals surface area contributed by atoms with Gasteiger partial charge in [-0.05, 0) is 25.7 Å². The largest absolute Gasteiger partial charge is 0.364 e. The van der Waals surface area contributed by atoms with Crippen LogP contribution in [0.3, 0.4) is 0 Å². The summed E-state index contributed by atoms with van der Waals surface area (Å²) in [5.74, 6) is -0.422. The lowest BCUT2D eigenvalue weighted by Gasteiger charge is -2.09. The fourth-order valence-corrected chi connectivity index (χ4v) is 1.68. The number of fused-ring (bicyclic) bond motifs is 1. The monoisotopic (exact) mass is 165 g/mol. The summed E-state index contributed by atoms with van der Waals surface area (Å²) in [5.41, 5.74) is 7.72. The number of rotatable bonds is 1. The van der Waals surface area contributed by atoms with Crippen LogP contribution in [0.15, 0.2) is 0 Å². The van der Waals surface area contributed by atoms with E-state index in [4.69, 9.17) is 5.73 Å². The van der Waals surface area contributed by atoms with Crippen LogP contribution in [-0.4, -0.2) is 16.1 Å². The molecule has 3 N–H and O–H groups in total. The maximum Gasteiger partial charge on any atom is 0.269 e. The SMILES string of the molecule is NC(=O)c1n[nH]c2c1CCCC2. The third-order valence-corrected chi connectivity index (χ3v) is 2.29. The molecule has 0 saturated carbocycles. The fourth-order valence-electron chi connectivity index (χ4n) is 1.68. The molecule has 64 valence electrons. The van der Waals surface area contributed by atoms with Crippen molar-refractivity contribution in [3.63, 3.8) is 0 Å². The highest BCUT2D eigenvalue weighted by Gasteiger charge is 2.19. The van der Waals surface area contributed by atoms with E-state index in [1.54, 1.807) is 0 Å². The van der Waals surface area contributed by atoms with Crippen molar-refractivity contribution in [1.29, 1.82) is 0 Å². The maximum atomic E-state index is 10.9. The molecule has 2 rings (SSSR count). The van der Waals surface area contributed by atoms with Gasteiger partial charge in [0.25, 0.3) is 5.91 Å². The fraction of sp³-hybridized carbons (Fsp3) is 0.500. The van der Waals surface area contributed by atoms with Crippen molar-refractivity contribution >= 4 is 5.91 Å². The zero-order valence-electron chi connectivity index (χ0n) is 6.76. The standard InChI is InChI=1S/C8H11N3O/c9-8(12)7-5-3-1-2-4-6(5)10-11-7/h1-4H2,(H2,9,12)(H,10,11). The number of carbonyl (C=O) groups is 1. The summed E-state index contributed by atoms with van der Waals surface area (Å²) in [4.78, 5) is 10.9. The van der Waals surface area contributed by atoms with E-state index in [1.165, 1.54) is 6.42 Å². The van der Waals surface area contributed by atoms with Gasteiger partial charge in [-0.2, -0.15) is 5.10 Å². The number of primary amides is 1. The lowest BCUT2D eigenvalue weighted by Crippen LogP contribution is -2.15. The van der Waals surface area contributed by atoms with Crippen molar-refractivity contribution in [3.05, 3.63) is 17.0 Å². The summed E-state index contributed by atoms with van der Waals surface area (Å²) in [6.07, 6.45) is 4.24. The molecule has 0 bridgehead atoms. The second-order valence-electron chi connectivity index (χ2n) is 3.10. The summed E-state index contributed by atoms with van der Waals surface area (Å²) in [7, 11) is 0. The molecule has 0 fully saturated rings. The molecule has 1 aromatic rings. The zero-order valence-corrected chi connectivity index (χ0v) is 6.76. The van der Waals surface area contributed by atoms with E-state index in [2.05, 4.69) is 10.2 Å². The van der Waals surface area contributed by atoms with Crippen LogP contribution >= 0.6 is 0 Å². The normalized spacial score (nSPS) is 15.7. The lowest BCUT2D eigenvalue weighted by molar-refractivity contribution is 0.0994. The molecule has 4 heteroatoms. The number of amides is 1. The molecule has 1 aromatic heterocycles. The Bertz CT molecular complexity index is 316. The molecule has 0 atom stereocenters. The van der Waals surface area contributed by atoms with Crippen LogP contribution in [0.2, 0.25) is 0 Å². The highest BCUT2D eigenvalue weighted by molar-refractivity contribution is 5.92. The number of hydrogen-bond donors (Lipinski definition) is 2. The van der Waals surface area contributed by atoms with Gasteiger partial charge in [-0.25, -0.2) is 0 Å². The van der Waals surface area contributed by atoms with Crippen LogP contribution in [0.4, 0.5) is 0 Å². The molecule has 0 spiro atoms. The summed E-state index contributed by atoms with van der Waals surface area (Å²) in [5, 5.41) is 6.75. The Morgan fingerprint density at radius 1 is 1.42 bits per heavy atom. The predicted octanol–water partition coefficient (Wildman–Crippen LogP) is 0.387. The van der Waals surface area contributed by atoms with Gasteiger partial charge in [-0.3, -0.25) is 9.89 Å². The zero-order chi connectivity index (χ0) is 8.55. The van der Waals surface area contributed by atoms with Gasteiger partial charge in [0.15, 0.2) is 5.69 Å². The Morgan fingerprint density at radius 2 is 2.17 bits per heavy atom. The minimum Gasteiger partial charge on any atom is -0.364 e. The Morgan fingerprint density at radius 3 is 2.92 bits per heavy atom. The first-order valence-corrected chi connectivity index (χ1v) is 4.15. The lowest BCUT2D eigenvalue weighted by atomic mass is 9.96. The van der Waals surface area contributed by atoms with Gasteiger partial charge in [-0.1, -0.05) is 0 Å². The number of aryl methyl sites for hydroxylation is 1. The number of nitrogens with one attached hydrogen (secondary N) is 1. The van der Waals surface area contributed by atoms with Crippen LogP contribution in [-0.2, 0) is 12.8 Å². The van der Waals surface area contributed by atoms with E-state index in [9.17, 15) is 4.79 Å². The topological polar surface area (TPSA) is 71.8 Å². The van der Waals surface area contributed by atoms with E-state index in [0.717, 1.165) is 30.5 Å². The van der Waals surface area contributed by atoms with E-state index >= 15 is 0 Å². The van der Waals surface area contributed by atoms with Crippen molar-refractivity contribution < 1.29 is 4.79 Å². The van der Waals surface area contributed by atoms with Gasteiger partial charge in [0.05, 0.1) is 0 Å². The molecule has 0 aliphatic heterocycles. The first kappa shape index (κ1) is 7.34.